The third-order valence-corrected chi connectivity index (χ3v) is 1.41. The van der Waals surface area contributed by atoms with Crippen LogP contribution in [0.25, 0.3) is 0 Å². The van der Waals surface area contributed by atoms with Gasteiger partial charge in [0.1, 0.15) is 0 Å². The highest BCUT2D eigenvalue weighted by Crippen LogP contribution is 2.02. The fraction of sp³-hybridized carbons (Fsp3) is 0.250. The van der Waals surface area contributed by atoms with E-state index in [1.54, 1.807) is 6.20 Å². The molecule has 0 spiro atoms. The second-order valence-electron chi connectivity index (χ2n) is 2.83. The minimum absolute atomic E-state index is 1.11. The van der Waals surface area contributed by atoms with Crippen LogP contribution in [0.5, 0.6) is 0 Å². The van der Waals surface area contributed by atoms with Crippen LogP contribution in [0, 0.1) is 0 Å². The molecule has 0 fully saturated rings. The topological polar surface area (TPSA) is 12.4 Å². The molecule has 0 heterocycles. The zero-order valence-corrected chi connectivity index (χ0v) is 8.62. The summed E-state index contributed by atoms with van der Waals surface area (Å²) >= 11 is 0. The van der Waals surface area contributed by atoms with Gasteiger partial charge in [0.05, 0.1) is 0 Å². The molecule has 0 aliphatic heterocycles. The Balaban J connectivity index is 4.32. The zero-order chi connectivity index (χ0) is 10.1. The summed E-state index contributed by atoms with van der Waals surface area (Å²) in [5.74, 6) is 0. The van der Waals surface area contributed by atoms with E-state index in [0.717, 1.165) is 5.57 Å². The zero-order valence-electron chi connectivity index (χ0n) is 8.62. The highest BCUT2D eigenvalue weighted by molar-refractivity contribution is 5.32. The van der Waals surface area contributed by atoms with Gasteiger partial charge in [0.25, 0.3) is 0 Å². The third kappa shape index (κ3) is 7.01. The van der Waals surface area contributed by atoms with Crippen LogP contribution in [0.1, 0.15) is 20.8 Å². The molecule has 0 rings (SSSR count). The smallest absolute Gasteiger partial charge is 0.0289 e. The first-order valence-corrected chi connectivity index (χ1v) is 4.31. The molecule has 0 saturated carbocycles. The number of rotatable bonds is 4. The van der Waals surface area contributed by atoms with Crippen molar-refractivity contribution in [3.8, 4) is 0 Å². The minimum Gasteiger partial charge on any atom is -0.272 e. The van der Waals surface area contributed by atoms with E-state index in [0.29, 0.717) is 0 Å². The molecular formula is C12H17N. The molecule has 0 N–H and O–H groups in total. The predicted octanol–water partition coefficient (Wildman–Crippen LogP) is 3.67. The van der Waals surface area contributed by atoms with E-state index in [-0.39, 0.29) is 0 Å². The van der Waals surface area contributed by atoms with Crippen LogP contribution in [0.3, 0.4) is 0 Å². The quantitative estimate of drug-likeness (QED) is 0.456. The molecule has 13 heavy (non-hydrogen) atoms. The van der Waals surface area contributed by atoms with E-state index < -0.39 is 0 Å². The van der Waals surface area contributed by atoms with Crippen LogP contribution in [-0.2, 0) is 0 Å². The van der Waals surface area contributed by atoms with Crippen molar-refractivity contribution < 1.29 is 0 Å². The molecule has 0 aliphatic carbocycles. The van der Waals surface area contributed by atoms with E-state index in [4.69, 9.17) is 0 Å². The standard InChI is InChI=1S/C12H17N/c1-5-6-7-8-11(2)9-12(3)10-13-4/h5-10H,4H2,1-3H3/b6-5?,8-7-,11-9+,12-10-. The second kappa shape index (κ2) is 7.29. The molecule has 0 aromatic heterocycles. The fourth-order valence-electron chi connectivity index (χ4n) is 0.907. The first-order chi connectivity index (χ1) is 6.20. The Morgan fingerprint density at radius 3 is 2.38 bits per heavy atom. The number of nitrogens with zero attached hydrogens (tertiary/aromatic N) is 1. The Morgan fingerprint density at radius 2 is 1.85 bits per heavy atom. The van der Waals surface area contributed by atoms with Gasteiger partial charge in [-0.1, -0.05) is 36.0 Å². The number of allylic oxidation sites excluding steroid dienone is 7. The first-order valence-electron chi connectivity index (χ1n) is 4.31. The molecule has 0 amide bonds. The Kier molecular flexibility index (Phi) is 6.52. The van der Waals surface area contributed by atoms with Gasteiger partial charge in [-0.2, -0.15) is 0 Å². The average molecular weight is 175 g/mol. The lowest BCUT2D eigenvalue weighted by molar-refractivity contribution is 1.39. The normalized spacial score (nSPS) is 14.4. The third-order valence-electron chi connectivity index (χ3n) is 1.41. The maximum Gasteiger partial charge on any atom is 0.0289 e. The van der Waals surface area contributed by atoms with Crippen LogP contribution in [0.15, 0.2) is 52.7 Å². The lowest BCUT2D eigenvalue weighted by Crippen LogP contribution is -1.71. The van der Waals surface area contributed by atoms with Gasteiger partial charge in [-0.3, -0.25) is 4.99 Å². The molecule has 0 bridgehead atoms. The van der Waals surface area contributed by atoms with Crippen molar-refractivity contribution in [2.75, 3.05) is 0 Å². The Morgan fingerprint density at radius 1 is 1.15 bits per heavy atom. The van der Waals surface area contributed by atoms with Crippen molar-refractivity contribution in [2.24, 2.45) is 4.99 Å². The van der Waals surface area contributed by atoms with E-state index in [1.807, 2.05) is 32.1 Å². The van der Waals surface area contributed by atoms with Gasteiger partial charge in [-0.25, -0.2) is 0 Å². The van der Waals surface area contributed by atoms with E-state index in [9.17, 15) is 0 Å². The molecular weight excluding hydrogens is 158 g/mol. The Hall–Kier alpha value is -1.37. The molecule has 0 saturated heterocycles. The SMILES string of the molecule is C=N\C=C(C)/C=C(C)/C=C\C=CC. The molecule has 0 unspecified atom stereocenters. The summed E-state index contributed by atoms with van der Waals surface area (Å²) in [6, 6.07) is 0. The number of aliphatic imine (C=N–C) groups is 1. The van der Waals surface area contributed by atoms with Gasteiger partial charge in [-0.05, 0) is 33.1 Å². The van der Waals surface area contributed by atoms with Crippen LogP contribution in [-0.4, -0.2) is 6.72 Å². The summed E-state index contributed by atoms with van der Waals surface area (Å²) in [7, 11) is 0. The maximum atomic E-state index is 3.69. The molecule has 1 heteroatoms. The molecule has 70 valence electrons. The molecule has 1 nitrogen and oxygen atoms in total. The molecule has 0 aromatic carbocycles. The second-order valence-corrected chi connectivity index (χ2v) is 2.83. The Labute approximate surface area is 80.9 Å². The lowest BCUT2D eigenvalue weighted by atomic mass is 10.2. The molecule has 0 aromatic rings. The largest absolute Gasteiger partial charge is 0.272 e. The van der Waals surface area contributed by atoms with Crippen LogP contribution in [0.2, 0.25) is 0 Å². The Bertz CT molecular complexity index is 265. The van der Waals surface area contributed by atoms with E-state index >= 15 is 0 Å². The fourth-order valence-corrected chi connectivity index (χ4v) is 0.907. The summed E-state index contributed by atoms with van der Waals surface area (Å²) in [5.41, 5.74) is 2.31. The maximum absolute atomic E-state index is 3.69. The van der Waals surface area contributed by atoms with Gasteiger partial charge in [0.15, 0.2) is 0 Å². The highest BCUT2D eigenvalue weighted by Gasteiger charge is 1.82. The van der Waals surface area contributed by atoms with Crippen molar-refractivity contribution in [3.63, 3.8) is 0 Å². The summed E-state index contributed by atoms with van der Waals surface area (Å²) < 4.78 is 0. The lowest BCUT2D eigenvalue weighted by Gasteiger charge is -1.91. The van der Waals surface area contributed by atoms with Gasteiger partial charge in [0.2, 0.25) is 0 Å². The van der Waals surface area contributed by atoms with Gasteiger partial charge in [-0.15, -0.1) is 0 Å². The van der Waals surface area contributed by atoms with Crippen LogP contribution in [0.4, 0.5) is 0 Å². The molecule has 0 atom stereocenters. The number of hydrogen-bond acceptors (Lipinski definition) is 1. The number of hydrogen-bond donors (Lipinski definition) is 0. The van der Waals surface area contributed by atoms with Gasteiger partial charge in [0, 0.05) is 6.20 Å². The predicted molar refractivity (Wildman–Crippen MR) is 61.0 cm³/mol. The van der Waals surface area contributed by atoms with Gasteiger partial charge < -0.3 is 0 Å². The first kappa shape index (κ1) is 11.6. The summed E-state index contributed by atoms with van der Waals surface area (Å²) in [6.45, 7) is 9.45. The van der Waals surface area contributed by atoms with Crippen molar-refractivity contribution in [1.29, 1.82) is 0 Å². The van der Waals surface area contributed by atoms with Crippen LogP contribution < -0.4 is 0 Å². The average Bonchev–Trinajstić information content (AvgIpc) is 2.05. The van der Waals surface area contributed by atoms with Crippen molar-refractivity contribution >= 4 is 6.72 Å². The van der Waals surface area contributed by atoms with E-state index in [2.05, 4.69) is 30.8 Å². The summed E-state index contributed by atoms with van der Waals surface area (Å²) in [4.78, 5) is 3.69. The highest BCUT2D eigenvalue weighted by atomic mass is 14.6. The molecule has 0 radical (unpaired) electrons. The minimum atomic E-state index is 1.11. The van der Waals surface area contributed by atoms with E-state index in [1.165, 1.54) is 5.57 Å². The summed E-state index contributed by atoms with van der Waals surface area (Å²) in [6.07, 6.45) is 11.9. The van der Waals surface area contributed by atoms with Crippen molar-refractivity contribution in [1.82, 2.24) is 0 Å². The molecule has 0 aliphatic rings. The monoisotopic (exact) mass is 175 g/mol. The van der Waals surface area contributed by atoms with Gasteiger partial charge >= 0.3 is 0 Å². The summed E-state index contributed by atoms with van der Waals surface area (Å²) in [5, 5.41) is 0. The van der Waals surface area contributed by atoms with Crippen molar-refractivity contribution in [3.05, 3.63) is 47.7 Å². The van der Waals surface area contributed by atoms with Crippen molar-refractivity contribution in [2.45, 2.75) is 20.8 Å². The van der Waals surface area contributed by atoms with Crippen LogP contribution >= 0.6 is 0 Å².